The molecule has 0 aliphatic heterocycles. The molecular weight excluding hydrogens is 162 g/mol. The average Bonchev–Trinajstić information content (AvgIpc) is 2.44. The molecule has 2 rings (SSSR count). The molecule has 0 saturated heterocycles. The molecule has 3 heteroatoms. The predicted molar refractivity (Wildman–Crippen MR) is 51.5 cm³/mol. The highest BCUT2D eigenvalue weighted by molar-refractivity contribution is 4.92. The van der Waals surface area contributed by atoms with Crippen LogP contribution in [-0.2, 0) is 6.42 Å². The average molecular weight is 179 g/mol. The molecule has 1 fully saturated rings. The minimum Gasteiger partial charge on any atom is -0.315 e. The van der Waals surface area contributed by atoms with Crippen molar-refractivity contribution in [2.75, 3.05) is 0 Å². The van der Waals surface area contributed by atoms with Gasteiger partial charge in [-0.2, -0.15) is 0 Å². The van der Waals surface area contributed by atoms with Crippen molar-refractivity contribution in [1.29, 1.82) is 0 Å². The molecular formula is C10H17N3. The summed E-state index contributed by atoms with van der Waals surface area (Å²) in [6.45, 7) is 4.35. The van der Waals surface area contributed by atoms with Gasteiger partial charge in [0.25, 0.3) is 0 Å². The molecule has 13 heavy (non-hydrogen) atoms. The highest BCUT2D eigenvalue weighted by Gasteiger charge is 2.20. The van der Waals surface area contributed by atoms with Crippen molar-refractivity contribution in [3.05, 3.63) is 12.2 Å². The van der Waals surface area contributed by atoms with Crippen molar-refractivity contribution in [3.63, 3.8) is 0 Å². The number of hydrogen-bond donors (Lipinski definition) is 0. The van der Waals surface area contributed by atoms with Crippen molar-refractivity contribution in [3.8, 4) is 0 Å². The maximum Gasteiger partial charge on any atom is 0.133 e. The van der Waals surface area contributed by atoms with Gasteiger partial charge in [0.15, 0.2) is 0 Å². The van der Waals surface area contributed by atoms with E-state index in [1.807, 2.05) is 6.33 Å². The smallest absolute Gasteiger partial charge is 0.133 e. The van der Waals surface area contributed by atoms with Crippen LogP contribution in [0.2, 0.25) is 0 Å². The first kappa shape index (κ1) is 8.73. The molecule has 1 aliphatic carbocycles. The molecule has 3 nitrogen and oxygen atoms in total. The molecule has 1 aromatic rings. The van der Waals surface area contributed by atoms with E-state index in [0.29, 0.717) is 6.04 Å². The van der Waals surface area contributed by atoms with Gasteiger partial charge in [-0.1, -0.05) is 19.3 Å². The van der Waals surface area contributed by atoms with Crippen LogP contribution in [0.25, 0.3) is 0 Å². The summed E-state index contributed by atoms with van der Waals surface area (Å²) in [6, 6.07) is 0.491. The van der Waals surface area contributed by atoms with E-state index in [9.17, 15) is 0 Å². The molecule has 0 aromatic carbocycles. The van der Waals surface area contributed by atoms with E-state index in [-0.39, 0.29) is 0 Å². The highest BCUT2D eigenvalue weighted by Crippen LogP contribution is 2.29. The molecule has 0 bridgehead atoms. The lowest BCUT2D eigenvalue weighted by molar-refractivity contribution is 0.304. The van der Waals surface area contributed by atoms with Gasteiger partial charge in [0.05, 0.1) is 0 Å². The quantitative estimate of drug-likeness (QED) is 0.712. The SMILES string of the molecule is CC(C)n1cnnc1CC1CCC1. The molecule has 1 aliphatic rings. The minimum atomic E-state index is 0.491. The van der Waals surface area contributed by atoms with E-state index in [1.165, 1.54) is 25.1 Å². The molecule has 0 N–H and O–H groups in total. The third-order valence-corrected chi connectivity index (χ3v) is 2.90. The van der Waals surface area contributed by atoms with Gasteiger partial charge in [0, 0.05) is 12.5 Å². The molecule has 0 radical (unpaired) electrons. The Kier molecular flexibility index (Phi) is 2.34. The van der Waals surface area contributed by atoms with Gasteiger partial charge in [-0.3, -0.25) is 0 Å². The fourth-order valence-electron chi connectivity index (χ4n) is 1.80. The minimum absolute atomic E-state index is 0.491. The Hall–Kier alpha value is -0.860. The van der Waals surface area contributed by atoms with Gasteiger partial charge < -0.3 is 4.57 Å². The van der Waals surface area contributed by atoms with Gasteiger partial charge >= 0.3 is 0 Å². The Morgan fingerprint density at radius 1 is 1.54 bits per heavy atom. The maximum atomic E-state index is 4.17. The Bertz CT molecular complexity index is 273. The van der Waals surface area contributed by atoms with E-state index in [1.54, 1.807) is 0 Å². The zero-order valence-electron chi connectivity index (χ0n) is 8.40. The zero-order chi connectivity index (χ0) is 9.26. The van der Waals surface area contributed by atoms with E-state index in [2.05, 4.69) is 28.6 Å². The summed E-state index contributed by atoms with van der Waals surface area (Å²) in [5, 5.41) is 8.14. The monoisotopic (exact) mass is 179 g/mol. The molecule has 0 atom stereocenters. The van der Waals surface area contributed by atoms with Crippen LogP contribution >= 0.6 is 0 Å². The molecule has 0 spiro atoms. The Balaban J connectivity index is 2.05. The van der Waals surface area contributed by atoms with Crippen LogP contribution in [0.1, 0.15) is 45.0 Å². The second kappa shape index (κ2) is 3.48. The van der Waals surface area contributed by atoms with Crippen molar-refractivity contribution in [2.24, 2.45) is 5.92 Å². The normalized spacial score (nSPS) is 17.8. The van der Waals surface area contributed by atoms with Crippen LogP contribution in [0.15, 0.2) is 6.33 Å². The van der Waals surface area contributed by atoms with E-state index < -0.39 is 0 Å². The first-order valence-corrected chi connectivity index (χ1v) is 5.15. The lowest BCUT2D eigenvalue weighted by atomic mass is 9.83. The van der Waals surface area contributed by atoms with E-state index >= 15 is 0 Å². The second-order valence-electron chi connectivity index (χ2n) is 4.25. The van der Waals surface area contributed by atoms with Crippen LogP contribution in [0.3, 0.4) is 0 Å². The summed E-state index contributed by atoms with van der Waals surface area (Å²) >= 11 is 0. The van der Waals surface area contributed by atoms with Crippen LogP contribution < -0.4 is 0 Å². The molecule has 0 unspecified atom stereocenters. The van der Waals surface area contributed by atoms with Crippen LogP contribution in [0.4, 0.5) is 0 Å². The summed E-state index contributed by atoms with van der Waals surface area (Å²) in [7, 11) is 0. The van der Waals surface area contributed by atoms with Gasteiger partial charge in [0.1, 0.15) is 12.2 Å². The molecule has 1 saturated carbocycles. The summed E-state index contributed by atoms with van der Waals surface area (Å²) in [5.41, 5.74) is 0. The summed E-state index contributed by atoms with van der Waals surface area (Å²) in [6.07, 6.45) is 7.13. The van der Waals surface area contributed by atoms with Crippen LogP contribution in [0.5, 0.6) is 0 Å². The Morgan fingerprint density at radius 2 is 2.31 bits per heavy atom. The number of hydrogen-bond acceptors (Lipinski definition) is 2. The summed E-state index contributed by atoms with van der Waals surface area (Å²) in [4.78, 5) is 0. The topological polar surface area (TPSA) is 30.7 Å². The zero-order valence-corrected chi connectivity index (χ0v) is 8.40. The van der Waals surface area contributed by atoms with Crippen molar-refractivity contribution >= 4 is 0 Å². The Labute approximate surface area is 79.2 Å². The van der Waals surface area contributed by atoms with Crippen molar-refractivity contribution < 1.29 is 0 Å². The molecule has 0 amide bonds. The lowest BCUT2D eigenvalue weighted by Gasteiger charge is -2.25. The fraction of sp³-hybridized carbons (Fsp3) is 0.800. The van der Waals surface area contributed by atoms with Crippen LogP contribution in [0, 0.1) is 5.92 Å². The summed E-state index contributed by atoms with van der Waals surface area (Å²) in [5.74, 6) is 2.04. The first-order chi connectivity index (χ1) is 6.27. The number of nitrogens with zero attached hydrogens (tertiary/aromatic N) is 3. The Morgan fingerprint density at radius 3 is 2.85 bits per heavy atom. The third kappa shape index (κ3) is 1.74. The van der Waals surface area contributed by atoms with Crippen molar-refractivity contribution in [1.82, 2.24) is 14.8 Å². The molecule has 1 heterocycles. The molecule has 1 aromatic heterocycles. The first-order valence-electron chi connectivity index (χ1n) is 5.15. The summed E-state index contributed by atoms with van der Waals surface area (Å²) < 4.78 is 2.18. The fourth-order valence-corrected chi connectivity index (χ4v) is 1.80. The second-order valence-corrected chi connectivity index (χ2v) is 4.25. The van der Waals surface area contributed by atoms with E-state index in [0.717, 1.165) is 12.3 Å². The van der Waals surface area contributed by atoms with E-state index in [4.69, 9.17) is 0 Å². The predicted octanol–water partition coefficient (Wildman–Crippen LogP) is 2.20. The van der Waals surface area contributed by atoms with Gasteiger partial charge in [-0.05, 0) is 19.8 Å². The maximum absolute atomic E-state index is 4.17. The lowest BCUT2D eigenvalue weighted by Crippen LogP contribution is -2.17. The number of rotatable bonds is 3. The highest BCUT2D eigenvalue weighted by atomic mass is 15.3. The largest absolute Gasteiger partial charge is 0.315 e. The standard InChI is InChI=1S/C10H17N3/c1-8(2)13-7-11-12-10(13)6-9-4-3-5-9/h7-9H,3-6H2,1-2H3. The number of aromatic nitrogens is 3. The molecule has 72 valence electrons. The van der Waals surface area contributed by atoms with Gasteiger partial charge in [-0.25, -0.2) is 0 Å². The third-order valence-electron chi connectivity index (χ3n) is 2.90. The van der Waals surface area contributed by atoms with Crippen molar-refractivity contribution in [2.45, 2.75) is 45.6 Å². The van der Waals surface area contributed by atoms with Crippen LogP contribution in [-0.4, -0.2) is 14.8 Å². The van der Waals surface area contributed by atoms with Gasteiger partial charge in [-0.15, -0.1) is 10.2 Å². The van der Waals surface area contributed by atoms with Gasteiger partial charge in [0.2, 0.25) is 0 Å².